The largest absolute Gasteiger partial charge is 0.419 e. The fourth-order valence-corrected chi connectivity index (χ4v) is 4.10. The molecule has 0 radical (unpaired) electrons. The number of amides is 1. The van der Waals surface area contributed by atoms with E-state index in [0.717, 1.165) is 0 Å². The predicted octanol–water partition coefficient (Wildman–Crippen LogP) is -0.0157. The van der Waals surface area contributed by atoms with Gasteiger partial charge in [0.2, 0.25) is 15.9 Å². The summed E-state index contributed by atoms with van der Waals surface area (Å²) in [6, 6.07) is 4.35. The van der Waals surface area contributed by atoms with Crippen LogP contribution in [0.1, 0.15) is 6.92 Å². The third kappa shape index (κ3) is 2.66. The Morgan fingerprint density at radius 2 is 1.83 bits per heavy atom. The number of piperazine rings is 1. The maximum atomic E-state index is 12.7. The van der Waals surface area contributed by atoms with E-state index in [1.807, 2.05) is 0 Å². The molecule has 9 heteroatoms. The summed E-state index contributed by atoms with van der Waals surface area (Å²) in [5.41, 5.74) is 0.774. The van der Waals surface area contributed by atoms with Gasteiger partial charge in [-0.3, -0.25) is 9.36 Å². The van der Waals surface area contributed by atoms with Gasteiger partial charge in [-0.2, -0.15) is 4.31 Å². The lowest BCUT2D eigenvalue weighted by atomic mass is 10.3. The van der Waals surface area contributed by atoms with E-state index in [1.165, 1.54) is 41.0 Å². The van der Waals surface area contributed by atoms with E-state index in [-0.39, 0.29) is 23.9 Å². The van der Waals surface area contributed by atoms with E-state index < -0.39 is 15.8 Å². The number of aryl methyl sites for hydroxylation is 1. The number of carbonyl (C=O) groups is 1. The molecule has 0 saturated carbocycles. The normalized spacial score (nSPS) is 16.9. The standard InChI is InChI=1S/C14H17N3O5S/c1-10(18)16-5-7-17(8-6-16)23(20,21)11-3-4-13-12(9-11)15(2)14(19)22-13/h3-4,9H,5-8H2,1-2H3. The number of aromatic nitrogens is 1. The van der Waals surface area contributed by atoms with Crippen molar-refractivity contribution in [1.29, 1.82) is 0 Å². The quantitative estimate of drug-likeness (QED) is 0.767. The number of fused-ring (bicyclic) bond motifs is 1. The SMILES string of the molecule is CC(=O)N1CCN(S(=O)(=O)c2ccc3oc(=O)n(C)c3c2)CC1. The fourth-order valence-electron chi connectivity index (χ4n) is 2.66. The number of rotatable bonds is 2. The molecule has 23 heavy (non-hydrogen) atoms. The molecule has 1 aromatic carbocycles. The third-order valence-electron chi connectivity index (χ3n) is 4.08. The third-order valence-corrected chi connectivity index (χ3v) is 5.98. The van der Waals surface area contributed by atoms with Crippen LogP contribution in [0, 0.1) is 0 Å². The number of hydrogen-bond acceptors (Lipinski definition) is 5. The zero-order valence-electron chi connectivity index (χ0n) is 12.9. The van der Waals surface area contributed by atoms with Crippen LogP contribution in [0.4, 0.5) is 0 Å². The molecule has 8 nitrogen and oxygen atoms in total. The molecule has 1 fully saturated rings. The van der Waals surface area contributed by atoms with E-state index in [0.29, 0.717) is 24.2 Å². The zero-order valence-corrected chi connectivity index (χ0v) is 13.7. The minimum absolute atomic E-state index is 0.0585. The van der Waals surface area contributed by atoms with Crippen molar-refractivity contribution in [3.05, 3.63) is 28.7 Å². The Bertz CT molecular complexity index is 920. The van der Waals surface area contributed by atoms with Gasteiger partial charge >= 0.3 is 5.76 Å². The zero-order chi connectivity index (χ0) is 16.8. The van der Waals surface area contributed by atoms with E-state index in [1.54, 1.807) is 4.90 Å². The highest BCUT2D eigenvalue weighted by molar-refractivity contribution is 7.89. The number of sulfonamides is 1. The molecule has 2 aromatic rings. The van der Waals surface area contributed by atoms with Gasteiger partial charge in [-0.1, -0.05) is 0 Å². The molecule has 1 aliphatic rings. The number of nitrogens with zero attached hydrogens (tertiary/aromatic N) is 3. The Morgan fingerprint density at radius 1 is 1.17 bits per heavy atom. The summed E-state index contributed by atoms with van der Waals surface area (Å²) in [6.07, 6.45) is 0. The van der Waals surface area contributed by atoms with Crippen LogP contribution < -0.4 is 5.76 Å². The van der Waals surface area contributed by atoms with Crippen LogP contribution >= 0.6 is 0 Å². The summed E-state index contributed by atoms with van der Waals surface area (Å²) < 4.78 is 33.1. The average Bonchev–Trinajstić information content (AvgIpc) is 2.82. The van der Waals surface area contributed by atoms with Gasteiger partial charge in [0.1, 0.15) is 0 Å². The van der Waals surface area contributed by atoms with Crippen LogP contribution in [0.2, 0.25) is 0 Å². The Labute approximate surface area is 132 Å². The molecular formula is C14H17N3O5S. The average molecular weight is 339 g/mol. The summed E-state index contributed by atoms with van der Waals surface area (Å²) in [5, 5.41) is 0. The molecule has 1 aliphatic heterocycles. The lowest BCUT2D eigenvalue weighted by Crippen LogP contribution is -2.49. The lowest BCUT2D eigenvalue weighted by Gasteiger charge is -2.33. The molecule has 124 valence electrons. The summed E-state index contributed by atoms with van der Waals surface area (Å²) in [6.45, 7) is 2.73. The van der Waals surface area contributed by atoms with Crippen molar-refractivity contribution in [2.24, 2.45) is 7.05 Å². The van der Waals surface area contributed by atoms with Crippen molar-refractivity contribution >= 4 is 27.0 Å². The van der Waals surface area contributed by atoms with Gasteiger partial charge in [0.25, 0.3) is 0 Å². The summed E-state index contributed by atoms with van der Waals surface area (Å²) in [7, 11) is -2.15. The molecule has 3 rings (SSSR count). The molecule has 0 N–H and O–H groups in total. The van der Waals surface area contributed by atoms with Crippen LogP contribution in [0.25, 0.3) is 11.1 Å². The van der Waals surface area contributed by atoms with Crippen LogP contribution in [-0.4, -0.2) is 54.3 Å². The second-order valence-electron chi connectivity index (χ2n) is 5.47. The van der Waals surface area contributed by atoms with Crippen molar-refractivity contribution < 1.29 is 17.6 Å². The fraction of sp³-hybridized carbons (Fsp3) is 0.429. The highest BCUT2D eigenvalue weighted by Crippen LogP contribution is 2.22. The molecule has 1 amide bonds. The lowest BCUT2D eigenvalue weighted by molar-refractivity contribution is -0.129. The van der Waals surface area contributed by atoms with Crippen LogP contribution in [0.5, 0.6) is 0 Å². The highest BCUT2D eigenvalue weighted by Gasteiger charge is 2.29. The maximum absolute atomic E-state index is 12.7. The van der Waals surface area contributed by atoms with Crippen molar-refractivity contribution in [3.63, 3.8) is 0 Å². The Kier molecular flexibility index (Phi) is 3.77. The topological polar surface area (TPSA) is 92.8 Å². The first-order valence-electron chi connectivity index (χ1n) is 7.16. The minimum atomic E-state index is -3.67. The van der Waals surface area contributed by atoms with E-state index in [9.17, 15) is 18.0 Å². The van der Waals surface area contributed by atoms with Gasteiger partial charge in [0.05, 0.1) is 10.4 Å². The summed E-state index contributed by atoms with van der Waals surface area (Å²) in [5.74, 6) is -0.596. The van der Waals surface area contributed by atoms with Gasteiger partial charge in [-0.05, 0) is 18.2 Å². The van der Waals surface area contributed by atoms with Crippen molar-refractivity contribution in [3.8, 4) is 0 Å². The maximum Gasteiger partial charge on any atom is 0.419 e. The van der Waals surface area contributed by atoms with Gasteiger partial charge < -0.3 is 9.32 Å². The number of oxazole rings is 1. The Morgan fingerprint density at radius 3 is 2.43 bits per heavy atom. The highest BCUT2D eigenvalue weighted by atomic mass is 32.2. The van der Waals surface area contributed by atoms with E-state index >= 15 is 0 Å². The molecule has 1 aromatic heterocycles. The molecular weight excluding hydrogens is 322 g/mol. The first-order chi connectivity index (χ1) is 10.8. The molecule has 0 bridgehead atoms. The first kappa shape index (κ1) is 15.8. The minimum Gasteiger partial charge on any atom is -0.408 e. The van der Waals surface area contributed by atoms with Gasteiger partial charge in [-0.15, -0.1) is 0 Å². The Hall–Kier alpha value is -2.13. The molecule has 0 atom stereocenters. The number of hydrogen-bond donors (Lipinski definition) is 0. The molecule has 0 spiro atoms. The smallest absolute Gasteiger partial charge is 0.408 e. The van der Waals surface area contributed by atoms with Crippen LogP contribution in [0.3, 0.4) is 0 Å². The van der Waals surface area contributed by atoms with Gasteiger partial charge in [-0.25, -0.2) is 13.2 Å². The molecule has 0 unspecified atom stereocenters. The first-order valence-corrected chi connectivity index (χ1v) is 8.60. The van der Waals surface area contributed by atoms with Crippen molar-refractivity contribution in [1.82, 2.24) is 13.8 Å². The summed E-state index contributed by atoms with van der Waals surface area (Å²) >= 11 is 0. The monoisotopic (exact) mass is 339 g/mol. The predicted molar refractivity (Wildman–Crippen MR) is 82.5 cm³/mol. The molecule has 2 heterocycles. The Balaban J connectivity index is 1.92. The van der Waals surface area contributed by atoms with Crippen LogP contribution in [-0.2, 0) is 21.9 Å². The van der Waals surface area contributed by atoms with Gasteiger partial charge in [0.15, 0.2) is 5.58 Å². The second-order valence-corrected chi connectivity index (χ2v) is 7.40. The number of carbonyl (C=O) groups excluding carboxylic acids is 1. The second kappa shape index (κ2) is 5.50. The van der Waals surface area contributed by atoms with Gasteiger partial charge in [0, 0.05) is 40.2 Å². The molecule has 1 saturated heterocycles. The van der Waals surface area contributed by atoms with Crippen LogP contribution in [0.15, 0.2) is 32.3 Å². The summed E-state index contributed by atoms with van der Waals surface area (Å²) in [4.78, 5) is 24.6. The number of benzene rings is 1. The van der Waals surface area contributed by atoms with E-state index in [2.05, 4.69) is 0 Å². The van der Waals surface area contributed by atoms with Crippen molar-refractivity contribution in [2.45, 2.75) is 11.8 Å². The van der Waals surface area contributed by atoms with E-state index in [4.69, 9.17) is 4.42 Å². The van der Waals surface area contributed by atoms with Crippen molar-refractivity contribution in [2.75, 3.05) is 26.2 Å². The molecule has 0 aliphatic carbocycles.